The molecule has 9 nitrogen and oxygen atoms in total. The monoisotopic (exact) mass is 481 g/mol. The number of anilines is 2. The van der Waals surface area contributed by atoms with Gasteiger partial charge in [0.1, 0.15) is 18.0 Å². The minimum atomic E-state index is -0.732. The number of benzene rings is 1. The third-order valence-electron chi connectivity index (χ3n) is 5.86. The topological polar surface area (TPSA) is 111 Å². The molecule has 0 radical (unpaired) electrons. The maximum atomic E-state index is 15.0. The Bertz CT molecular complexity index is 1340. The minimum absolute atomic E-state index is 0.0613. The first kappa shape index (κ1) is 23.1. The maximum absolute atomic E-state index is 15.0. The van der Waals surface area contributed by atoms with E-state index in [1.54, 1.807) is 13.1 Å². The van der Waals surface area contributed by atoms with Gasteiger partial charge in [-0.3, -0.25) is 4.90 Å². The van der Waals surface area contributed by atoms with Crippen LogP contribution in [0.1, 0.15) is 16.8 Å². The Kier molecular flexibility index (Phi) is 6.53. The smallest absolute Gasteiger partial charge is 0.230 e. The van der Waals surface area contributed by atoms with Crippen molar-refractivity contribution in [1.82, 2.24) is 30.2 Å². The quantitative estimate of drug-likeness (QED) is 0.318. The van der Waals surface area contributed by atoms with Gasteiger partial charge in [-0.25, -0.2) is 23.7 Å². The van der Waals surface area contributed by atoms with Crippen LogP contribution >= 0.6 is 0 Å². The number of nitrogens with zero attached hydrogens (tertiary/aromatic N) is 4. The largest absolute Gasteiger partial charge is 0.435 e. The fraction of sp³-hybridized carbons (Fsp3) is 0.292. The molecule has 11 heteroatoms. The Hall–Kier alpha value is -3.67. The number of aliphatic hydroxyl groups is 1. The zero-order chi connectivity index (χ0) is 24.4. The molecule has 0 unspecified atom stereocenters. The molecule has 0 bridgehead atoms. The number of piperazine rings is 1. The van der Waals surface area contributed by atoms with E-state index in [1.807, 2.05) is 12.1 Å². The number of fused-ring (bicyclic) bond motifs is 1. The van der Waals surface area contributed by atoms with Gasteiger partial charge in [-0.2, -0.15) is 0 Å². The van der Waals surface area contributed by atoms with E-state index in [0.717, 1.165) is 44.4 Å². The van der Waals surface area contributed by atoms with Crippen LogP contribution < -0.4 is 15.4 Å². The van der Waals surface area contributed by atoms with Crippen molar-refractivity contribution in [2.75, 3.05) is 31.5 Å². The zero-order valence-corrected chi connectivity index (χ0v) is 19.1. The molecule has 1 aromatic carbocycles. The van der Waals surface area contributed by atoms with Crippen molar-refractivity contribution in [3.05, 3.63) is 65.2 Å². The zero-order valence-electron chi connectivity index (χ0n) is 19.1. The molecule has 1 saturated heterocycles. The van der Waals surface area contributed by atoms with Crippen LogP contribution in [-0.4, -0.2) is 56.1 Å². The van der Waals surface area contributed by atoms with Crippen LogP contribution in [0, 0.1) is 18.6 Å². The first-order valence-electron chi connectivity index (χ1n) is 11.3. The molecule has 3 aromatic heterocycles. The van der Waals surface area contributed by atoms with Crippen LogP contribution in [0.15, 0.2) is 36.8 Å². The van der Waals surface area contributed by atoms with E-state index in [9.17, 15) is 13.9 Å². The van der Waals surface area contributed by atoms with Crippen molar-refractivity contribution < 1.29 is 18.6 Å². The number of ether oxygens (including phenoxy) is 1. The SMILES string of the molecule is Cc1cc2c(F)c(Oc3ncnc(Nc4ccc(CN5CCNCC5)cn4)c3CO)cc(F)c2[nH]1. The van der Waals surface area contributed by atoms with Gasteiger partial charge in [-0.15, -0.1) is 0 Å². The van der Waals surface area contributed by atoms with Crippen LogP contribution in [-0.2, 0) is 13.2 Å². The van der Waals surface area contributed by atoms with Gasteiger partial charge < -0.3 is 25.5 Å². The summed E-state index contributed by atoms with van der Waals surface area (Å²) in [5.41, 5.74) is 1.95. The molecular weight excluding hydrogens is 456 g/mol. The average molecular weight is 482 g/mol. The van der Waals surface area contributed by atoms with E-state index in [2.05, 4.69) is 35.5 Å². The summed E-state index contributed by atoms with van der Waals surface area (Å²) in [6.07, 6.45) is 3.00. The van der Waals surface area contributed by atoms with Gasteiger partial charge in [0.25, 0.3) is 0 Å². The summed E-state index contributed by atoms with van der Waals surface area (Å²) >= 11 is 0. The lowest BCUT2D eigenvalue weighted by atomic mass is 10.2. The highest BCUT2D eigenvalue weighted by Crippen LogP contribution is 2.34. The molecule has 1 aliphatic heterocycles. The van der Waals surface area contributed by atoms with Gasteiger partial charge in [0.15, 0.2) is 17.4 Å². The van der Waals surface area contributed by atoms with E-state index >= 15 is 0 Å². The third-order valence-corrected chi connectivity index (χ3v) is 5.86. The molecule has 0 spiro atoms. The minimum Gasteiger partial charge on any atom is -0.435 e. The molecule has 4 heterocycles. The van der Waals surface area contributed by atoms with Crippen LogP contribution in [0.2, 0.25) is 0 Å². The lowest BCUT2D eigenvalue weighted by Crippen LogP contribution is -2.42. The highest BCUT2D eigenvalue weighted by Gasteiger charge is 2.20. The van der Waals surface area contributed by atoms with E-state index < -0.39 is 18.2 Å². The summed E-state index contributed by atoms with van der Waals surface area (Å²) in [6.45, 7) is 5.96. The first-order chi connectivity index (χ1) is 17.0. The molecule has 0 aliphatic carbocycles. The Balaban J connectivity index is 1.36. The van der Waals surface area contributed by atoms with Crippen LogP contribution in [0.4, 0.5) is 20.4 Å². The summed E-state index contributed by atoms with van der Waals surface area (Å²) in [6, 6.07) is 6.24. The molecule has 0 atom stereocenters. The average Bonchev–Trinajstić information content (AvgIpc) is 3.27. The van der Waals surface area contributed by atoms with Gasteiger partial charge >= 0.3 is 0 Å². The second kappa shape index (κ2) is 9.90. The molecule has 5 rings (SSSR count). The Labute approximate surface area is 200 Å². The van der Waals surface area contributed by atoms with E-state index in [-0.39, 0.29) is 33.9 Å². The van der Waals surface area contributed by atoms with E-state index in [0.29, 0.717) is 11.5 Å². The Morgan fingerprint density at radius 3 is 2.71 bits per heavy atom. The molecular formula is C24H25F2N7O2. The predicted octanol–water partition coefficient (Wildman–Crippen LogP) is 3.37. The van der Waals surface area contributed by atoms with Gasteiger partial charge in [0.2, 0.25) is 5.88 Å². The van der Waals surface area contributed by atoms with E-state index in [4.69, 9.17) is 4.74 Å². The Morgan fingerprint density at radius 1 is 1.14 bits per heavy atom. The van der Waals surface area contributed by atoms with Gasteiger partial charge in [-0.1, -0.05) is 6.07 Å². The van der Waals surface area contributed by atoms with Crippen LogP contribution in [0.5, 0.6) is 11.6 Å². The standard InChI is InChI=1S/C24H25F2N7O2/c1-14-8-16-21(26)19(9-18(25)22(16)31-14)35-24-17(12-34)23(29-13-30-24)32-20-3-2-15(10-28-20)11-33-6-4-27-5-7-33/h2-3,8-10,13,27,31,34H,4-7,11-12H2,1H3,(H,28,29,30,32). The number of nitrogens with one attached hydrogen (secondary N) is 3. The molecule has 0 saturated carbocycles. The van der Waals surface area contributed by atoms with Crippen molar-refractivity contribution in [1.29, 1.82) is 0 Å². The lowest BCUT2D eigenvalue weighted by Gasteiger charge is -2.27. The van der Waals surface area contributed by atoms with Crippen molar-refractivity contribution in [3.63, 3.8) is 0 Å². The summed E-state index contributed by atoms with van der Waals surface area (Å²) in [4.78, 5) is 17.8. The highest BCUT2D eigenvalue weighted by atomic mass is 19.1. The molecule has 4 aromatic rings. The van der Waals surface area contributed by atoms with Gasteiger partial charge in [-0.05, 0) is 24.6 Å². The van der Waals surface area contributed by atoms with E-state index in [1.165, 1.54) is 12.4 Å². The number of aryl methyl sites for hydroxylation is 1. The maximum Gasteiger partial charge on any atom is 0.230 e. The van der Waals surface area contributed by atoms with Gasteiger partial charge in [0.05, 0.1) is 17.7 Å². The van der Waals surface area contributed by atoms with Crippen molar-refractivity contribution in [2.45, 2.75) is 20.1 Å². The molecule has 1 aliphatic rings. The van der Waals surface area contributed by atoms with Crippen LogP contribution in [0.25, 0.3) is 10.9 Å². The van der Waals surface area contributed by atoms with Crippen molar-refractivity contribution >= 4 is 22.5 Å². The molecule has 1 fully saturated rings. The second-order valence-corrected chi connectivity index (χ2v) is 8.38. The third kappa shape index (κ3) is 4.92. The highest BCUT2D eigenvalue weighted by molar-refractivity contribution is 5.83. The fourth-order valence-electron chi connectivity index (χ4n) is 4.09. The van der Waals surface area contributed by atoms with Crippen molar-refractivity contribution in [2.24, 2.45) is 0 Å². The molecule has 35 heavy (non-hydrogen) atoms. The fourth-order valence-corrected chi connectivity index (χ4v) is 4.09. The first-order valence-corrected chi connectivity index (χ1v) is 11.3. The second-order valence-electron chi connectivity index (χ2n) is 8.38. The number of aliphatic hydroxyl groups excluding tert-OH is 1. The number of pyridine rings is 1. The Morgan fingerprint density at radius 2 is 1.97 bits per heavy atom. The summed E-state index contributed by atoms with van der Waals surface area (Å²) < 4.78 is 35.1. The van der Waals surface area contributed by atoms with Crippen LogP contribution in [0.3, 0.4) is 0 Å². The number of H-pyrrole nitrogens is 1. The normalized spacial score (nSPS) is 14.4. The molecule has 0 amide bonds. The molecule has 4 N–H and O–H groups in total. The molecule has 182 valence electrons. The summed E-state index contributed by atoms with van der Waals surface area (Å²) in [5, 5.41) is 16.4. The summed E-state index contributed by atoms with van der Waals surface area (Å²) in [5.74, 6) is -1.07. The number of hydrogen-bond donors (Lipinski definition) is 4. The number of hydrogen-bond acceptors (Lipinski definition) is 8. The number of aromatic amines is 1. The number of aromatic nitrogens is 4. The summed E-state index contributed by atoms with van der Waals surface area (Å²) in [7, 11) is 0. The van der Waals surface area contributed by atoms with Crippen molar-refractivity contribution in [3.8, 4) is 11.6 Å². The number of halogens is 2. The number of rotatable bonds is 7. The predicted molar refractivity (Wildman–Crippen MR) is 127 cm³/mol. The van der Waals surface area contributed by atoms with Gasteiger partial charge in [0, 0.05) is 56.1 Å². The lowest BCUT2D eigenvalue weighted by molar-refractivity contribution is 0.233.